The van der Waals surface area contributed by atoms with E-state index in [0.29, 0.717) is 31.8 Å². The number of carbonyl (C=O) groups excluding carboxylic acids is 2. The number of nitrogens with two attached hydrogens (primary N) is 1. The number of rotatable bonds is 8. The number of benzene rings is 1. The van der Waals surface area contributed by atoms with E-state index < -0.39 is 0 Å². The van der Waals surface area contributed by atoms with Crippen LogP contribution in [0.25, 0.3) is 0 Å². The van der Waals surface area contributed by atoms with Gasteiger partial charge in [0, 0.05) is 25.6 Å². The highest BCUT2D eigenvalue weighted by Gasteiger charge is 2.30. The molecule has 1 aliphatic carbocycles. The van der Waals surface area contributed by atoms with Gasteiger partial charge < -0.3 is 16.4 Å². The van der Waals surface area contributed by atoms with Gasteiger partial charge in [0.05, 0.1) is 6.42 Å². The molecule has 0 bridgehead atoms. The lowest BCUT2D eigenvalue weighted by atomic mass is 10.1. The standard InChI is InChI=1S/C16H23N3O2.ClH/c17-11-14(13-6-7-13)19-15(20)8-9-18-16(21)10-12-4-2-1-3-5-12;/h1-5,13-14H,6-11,17H2,(H,18,21)(H,19,20);1H. The molecule has 122 valence electrons. The van der Waals surface area contributed by atoms with Crippen LogP contribution in [0.4, 0.5) is 0 Å². The van der Waals surface area contributed by atoms with Crippen LogP contribution in [0.1, 0.15) is 24.8 Å². The zero-order valence-electron chi connectivity index (χ0n) is 12.6. The molecule has 0 aliphatic heterocycles. The zero-order chi connectivity index (χ0) is 15.1. The number of hydrogen-bond acceptors (Lipinski definition) is 3. The summed E-state index contributed by atoms with van der Waals surface area (Å²) >= 11 is 0. The highest BCUT2D eigenvalue weighted by Crippen LogP contribution is 2.32. The predicted octanol–water partition coefficient (Wildman–Crippen LogP) is 1.01. The van der Waals surface area contributed by atoms with Crippen LogP contribution in [0.2, 0.25) is 0 Å². The average Bonchev–Trinajstić information content (AvgIpc) is 3.30. The van der Waals surface area contributed by atoms with Crippen LogP contribution < -0.4 is 16.4 Å². The van der Waals surface area contributed by atoms with Gasteiger partial charge in [-0.05, 0) is 24.3 Å². The van der Waals surface area contributed by atoms with Gasteiger partial charge in [0.1, 0.15) is 0 Å². The van der Waals surface area contributed by atoms with Gasteiger partial charge in [-0.15, -0.1) is 12.4 Å². The van der Waals surface area contributed by atoms with Crippen molar-refractivity contribution in [3.63, 3.8) is 0 Å². The van der Waals surface area contributed by atoms with E-state index in [-0.39, 0.29) is 30.3 Å². The highest BCUT2D eigenvalue weighted by molar-refractivity contribution is 5.85. The minimum Gasteiger partial charge on any atom is -0.355 e. The van der Waals surface area contributed by atoms with Crippen LogP contribution in [0, 0.1) is 5.92 Å². The van der Waals surface area contributed by atoms with Crippen LogP contribution in [0.15, 0.2) is 30.3 Å². The normalized spacial score (nSPS) is 14.6. The van der Waals surface area contributed by atoms with Crippen molar-refractivity contribution in [1.29, 1.82) is 0 Å². The predicted molar refractivity (Wildman–Crippen MR) is 88.7 cm³/mol. The molecule has 1 aliphatic rings. The van der Waals surface area contributed by atoms with Gasteiger partial charge in [-0.25, -0.2) is 0 Å². The molecule has 0 saturated heterocycles. The van der Waals surface area contributed by atoms with Crippen LogP contribution in [-0.4, -0.2) is 30.9 Å². The Hall–Kier alpha value is -1.59. The molecule has 22 heavy (non-hydrogen) atoms. The first-order valence-corrected chi connectivity index (χ1v) is 7.49. The molecule has 6 heteroatoms. The quantitative estimate of drug-likeness (QED) is 0.667. The maximum absolute atomic E-state index is 11.8. The molecule has 1 fully saturated rings. The smallest absolute Gasteiger partial charge is 0.224 e. The lowest BCUT2D eigenvalue weighted by Crippen LogP contribution is -2.42. The van der Waals surface area contributed by atoms with Crippen molar-refractivity contribution in [3.8, 4) is 0 Å². The SMILES string of the molecule is Cl.NCC(NC(=O)CCNC(=O)Cc1ccccc1)C1CC1. The van der Waals surface area contributed by atoms with Gasteiger partial charge in [-0.3, -0.25) is 9.59 Å². The highest BCUT2D eigenvalue weighted by atomic mass is 35.5. The second-order valence-electron chi connectivity index (χ2n) is 5.51. The summed E-state index contributed by atoms with van der Waals surface area (Å²) in [7, 11) is 0. The first kappa shape index (κ1) is 18.5. The molecule has 5 nitrogen and oxygen atoms in total. The summed E-state index contributed by atoms with van der Waals surface area (Å²) in [6, 6.07) is 9.64. The first-order chi connectivity index (χ1) is 10.2. The summed E-state index contributed by atoms with van der Waals surface area (Å²) in [4.78, 5) is 23.5. The van der Waals surface area contributed by atoms with Crippen molar-refractivity contribution >= 4 is 24.2 Å². The first-order valence-electron chi connectivity index (χ1n) is 7.49. The Morgan fingerprint density at radius 1 is 1.18 bits per heavy atom. The van der Waals surface area contributed by atoms with Crippen molar-refractivity contribution < 1.29 is 9.59 Å². The monoisotopic (exact) mass is 325 g/mol. The lowest BCUT2D eigenvalue weighted by molar-refractivity contribution is -0.122. The Kier molecular flexibility index (Phi) is 7.91. The number of halogens is 1. The fourth-order valence-corrected chi connectivity index (χ4v) is 2.31. The van der Waals surface area contributed by atoms with Crippen LogP contribution in [0.5, 0.6) is 0 Å². The molecule has 1 saturated carbocycles. The van der Waals surface area contributed by atoms with Gasteiger partial charge in [-0.2, -0.15) is 0 Å². The molecule has 0 aromatic heterocycles. The maximum Gasteiger partial charge on any atom is 0.224 e. The van der Waals surface area contributed by atoms with Gasteiger partial charge in [0.25, 0.3) is 0 Å². The number of hydrogen-bond donors (Lipinski definition) is 3. The zero-order valence-corrected chi connectivity index (χ0v) is 13.4. The minimum atomic E-state index is -0.0634. The van der Waals surface area contributed by atoms with E-state index in [1.54, 1.807) is 0 Å². The largest absolute Gasteiger partial charge is 0.355 e. The third-order valence-electron chi connectivity index (χ3n) is 3.67. The number of carbonyl (C=O) groups is 2. The van der Waals surface area contributed by atoms with E-state index in [0.717, 1.165) is 18.4 Å². The van der Waals surface area contributed by atoms with E-state index in [9.17, 15) is 9.59 Å². The van der Waals surface area contributed by atoms with E-state index in [2.05, 4.69) is 10.6 Å². The number of nitrogens with one attached hydrogen (secondary N) is 2. The van der Waals surface area contributed by atoms with Crippen LogP contribution in [0.3, 0.4) is 0 Å². The Labute approximate surface area is 137 Å². The van der Waals surface area contributed by atoms with Gasteiger partial charge in [0.15, 0.2) is 0 Å². The van der Waals surface area contributed by atoms with Crippen LogP contribution >= 0.6 is 12.4 Å². The average molecular weight is 326 g/mol. The fourth-order valence-electron chi connectivity index (χ4n) is 2.31. The number of amides is 2. The van der Waals surface area contributed by atoms with E-state index >= 15 is 0 Å². The maximum atomic E-state index is 11.8. The molecule has 1 unspecified atom stereocenters. The van der Waals surface area contributed by atoms with Gasteiger partial charge in [-0.1, -0.05) is 30.3 Å². The topological polar surface area (TPSA) is 84.2 Å². The van der Waals surface area contributed by atoms with Crippen molar-refractivity contribution in [2.75, 3.05) is 13.1 Å². The van der Waals surface area contributed by atoms with Gasteiger partial charge in [0.2, 0.25) is 11.8 Å². The summed E-state index contributed by atoms with van der Waals surface area (Å²) in [5.41, 5.74) is 6.61. The molecular weight excluding hydrogens is 302 g/mol. The fraction of sp³-hybridized carbons (Fsp3) is 0.500. The summed E-state index contributed by atoms with van der Waals surface area (Å²) in [6.07, 6.45) is 2.94. The Bertz CT molecular complexity index is 478. The van der Waals surface area contributed by atoms with Crippen molar-refractivity contribution in [1.82, 2.24) is 10.6 Å². The molecule has 2 amide bonds. The minimum absolute atomic E-state index is 0. The van der Waals surface area contributed by atoms with E-state index in [4.69, 9.17) is 5.73 Å². The van der Waals surface area contributed by atoms with Gasteiger partial charge >= 0.3 is 0 Å². The Morgan fingerprint density at radius 3 is 2.45 bits per heavy atom. The van der Waals surface area contributed by atoms with E-state index in [1.807, 2.05) is 30.3 Å². The van der Waals surface area contributed by atoms with E-state index in [1.165, 1.54) is 0 Å². The third kappa shape index (κ3) is 6.45. The van der Waals surface area contributed by atoms with Crippen LogP contribution in [-0.2, 0) is 16.0 Å². The molecule has 1 aromatic rings. The molecular formula is C16H24ClN3O2. The summed E-state index contributed by atoms with van der Waals surface area (Å²) in [6.45, 7) is 0.843. The second-order valence-corrected chi connectivity index (χ2v) is 5.51. The second kappa shape index (κ2) is 9.43. The van der Waals surface area contributed by atoms with Crippen molar-refractivity contribution in [2.24, 2.45) is 11.7 Å². The molecule has 0 spiro atoms. The molecule has 0 heterocycles. The lowest BCUT2D eigenvalue weighted by Gasteiger charge is -2.16. The Morgan fingerprint density at radius 2 is 1.86 bits per heavy atom. The summed E-state index contributed by atoms with van der Waals surface area (Å²) < 4.78 is 0. The summed E-state index contributed by atoms with van der Waals surface area (Å²) in [5.74, 6) is 0.440. The molecule has 2 rings (SSSR count). The molecule has 4 N–H and O–H groups in total. The molecule has 0 radical (unpaired) electrons. The van der Waals surface area contributed by atoms with Crippen molar-refractivity contribution in [3.05, 3.63) is 35.9 Å². The Balaban J connectivity index is 0.00000242. The van der Waals surface area contributed by atoms with Crippen molar-refractivity contribution in [2.45, 2.75) is 31.7 Å². The third-order valence-corrected chi connectivity index (χ3v) is 3.67. The molecule has 1 aromatic carbocycles. The summed E-state index contributed by atoms with van der Waals surface area (Å²) in [5, 5.41) is 5.70. The molecule has 1 atom stereocenters.